The predicted molar refractivity (Wildman–Crippen MR) is 83.1 cm³/mol. The summed E-state index contributed by atoms with van der Waals surface area (Å²) in [7, 11) is 0. The van der Waals surface area contributed by atoms with Crippen molar-refractivity contribution in [2.24, 2.45) is 5.92 Å². The van der Waals surface area contributed by atoms with Gasteiger partial charge in [0, 0.05) is 32.2 Å². The maximum absolute atomic E-state index is 6.17. The van der Waals surface area contributed by atoms with Crippen LogP contribution < -0.4 is 5.32 Å². The van der Waals surface area contributed by atoms with Gasteiger partial charge in [-0.25, -0.2) is 0 Å². The van der Waals surface area contributed by atoms with Crippen LogP contribution >= 0.6 is 23.2 Å². The highest BCUT2D eigenvalue weighted by Gasteiger charge is 2.23. The van der Waals surface area contributed by atoms with E-state index < -0.39 is 0 Å². The number of halogens is 2. The zero-order valence-electron chi connectivity index (χ0n) is 11.6. The molecular formula is C15H22Cl2N2. The normalized spacial score (nSPS) is 18.8. The average Bonchev–Trinajstić information content (AvgIpc) is 2.40. The summed E-state index contributed by atoms with van der Waals surface area (Å²) >= 11 is 12.2. The van der Waals surface area contributed by atoms with Crippen molar-refractivity contribution in [3.8, 4) is 0 Å². The van der Waals surface area contributed by atoms with Crippen LogP contribution in [0, 0.1) is 5.92 Å². The first-order chi connectivity index (χ1) is 9.08. The third kappa shape index (κ3) is 4.09. The smallest absolute Gasteiger partial charge is 0.0595 e. The summed E-state index contributed by atoms with van der Waals surface area (Å²) in [6, 6.07) is 6.49. The van der Waals surface area contributed by atoms with Gasteiger partial charge < -0.3 is 5.32 Å². The van der Waals surface area contributed by atoms with E-state index in [0.29, 0.717) is 22.0 Å². The summed E-state index contributed by atoms with van der Waals surface area (Å²) in [5.74, 6) is 0.661. The first-order valence-corrected chi connectivity index (χ1v) is 7.73. The van der Waals surface area contributed by atoms with Crippen LogP contribution in [0.4, 0.5) is 0 Å². The SMILES string of the molecule is CC(C)C[C@@H](c1ccc(Cl)c(Cl)c1)N1CCNCC1. The van der Waals surface area contributed by atoms with Crippen molar-refractivity contribution in [2.45, 2.75) is 26.3 Å². The molecule has 19 heavy (non-hydrogen) atoms. The van der Waals surface area contributed by atoms with Crippen molar-refractivity contribution >= 4 is 23.2 Å². The molecule has 0 unspecified atom stereocenters. The Morgan fingerprint density at radius 1 is 1.16 bits per heavy atom. The minimum Gasteiger partial charge on any atom is -0.314 e. The van der Waals surface area contributed by atoms with Gasteiger partial charge in [0.1, 0.15) is 0 Å². The van der Waals surface area contributed by atoms with E-state index in [1.54, 1.807) is 0 Å². The Bertz CT molecular complexity index is 415. The molecule has 0 amide bonds. The topological polar surface area (TPSA) is 15.3 Å². The molecule has 0 aliphatic carbocycles. The van der Waals surface area contributed by atoms with Gasteiger partial charge in [0.2, 0.25) is 0 Å². The second-order valence-corrected chi connectivity index (χ2v) is 6.42. The van der Waals surface area contributed by atoms with Crippen LogP contribution in [0.15, 0.2) is 18.2 Å². The molecule has 1 saturated heterocycles. The first kappa shape index (κ1) is 15.1. The van der Waals surface area contributed by atoms with Crippen LogP contribution in [0.5, 0.6) is 0 Å². The Balaban J connectivity index is 2.22. The first-order valence-electron chi connectivity index (χ1n) is 6.97. The van der Waals surface area contributed by atoms with Crippen molar-refractivity contribution in [2.75, 3.05) is 26.2 Å². The van der Waals surface area contributed by atoms with E-state index in [2.05, 4.69) is 30.1 Å². The summed E-state index contributed by atoms with van der Waals surface area (Å²) in [6.45, 7) is 8.86. The summed E-state index contributed by atoms with van der Waals surface area (Å²) in [4.78, 5) is 2.55. The molecule has 1 aliphatic rings. The lowest BCUT2D eigenvalue weighted by atomic mass is 9.95. The zero-order valence-corrected chi connectivity index (χ0v) is 13.1. The number of hydrogen-bond donors (Lipinski definition) is 1. The third-order valence-electron chi connectivity index (χ3n) is 3.62. The van der Waals surface area contributed by atoms with Gasteiger partial charge in [-0.2, -0.15) is 0 Å². The van der Waals surface area contributed by atoms with Crippen LogP contribution in [0.1, 0.15) is 31.9 Å². The number of hydrogen-bond acceptors (Lipinski definition) is 2. The monoisotopic (exact) mass is 300 g/mol. The molecule has 2 nitrogen and oxygen atoms in total. The van der Waals surface area contributed by atoms with Crippen molar-refractivity contribution < 1.29 is 0 Å². The molecule has 4 heteroatoms. The van der Waals surface area contributed by atoms with Gasteiger partial charge >= 0.3 is 0 Å². The Kier molecular flexibility index (Phi) is 5.52. The molecule has 106 valence electrons. The molecule has 0 spiro atoms. The van der Waals surface area contributed by atoms with Crippen LogP contribution in [0.25, 0.3) is 0 Å². The van der Waals surface area contributed by atoms with Crippen LogP contribution in [-0.2, 0) is 0 Å². The molecule has 0 bridgehead atoms. The predicted octanol–water partition coefficient (Wildman–Crippen LogP) is 3.99. The van der Waals surface area contributed by atoms with Crippen LogP contribution in [0.3, 0.4) is 0 Å². The van der Waals surface area contributed by atoms with Crippen molar-refractivity contribution in [3.05, 3.63) is 33.8 Å². The molecular weight excluding hydrogens is 279 g/mol. The number of nitrogens with one attached hydrogen (secondary N) is 1. The molecule has 1 aromatic carbocycles. The van der Waals surface area contributed by atoms with Crippen molar-refractivity contribution in [3.63, 3.8) is 0 Å². The maximum atomic E-state index is 6.17. The minimum absolute atomic E-state index is 0.442. The van der Waals surface area contributed by atoms with E-state index >= 15 is 0 Å². The number of benzene rings is 1. The van der Waals surface area contributed by atoms with E-state index in [-0.39, 0.29) is 0 Å². The standard InChI is InChI=1S/C15H22Cl2N2/c1-11(2)9-15(19-7-5-18-6-8-19)12-3-4-13(16)14(17)10-12/h3-4,10-11,15,18H,5-9H2,1-2H3/t15-/m0/s1. The average molecular weight is 301 g/mol. The Labute approximate surface area is 126 Å². The van der Waals surface area contributed by atoms with Gasteiger partial charge in [0.25, 0.3) is 0 Å². The van der Waals surface area contributed by atoms with Crippen molar-refractivity contribution in [1.82, 2.24) is 10.2 Å². The zero-order chi connectivity index (χ0) is 13.8. The fraction of sp³-hybridized carbons (Fsp3) is 0.600. The Morgan fingerprint density at radius 2 is 1.84 bits per heavy atom. The summed E-state index contributed by atoms with van der Waals surface area (Å²) < 4.78 is 0. The summed E-state index contributed by atoms with van der Waals surface area (Å²) in [5.41, 5.74) is 1.28. The maximum Gasteiger partial charge on any atom is 0.0595 e. The molecule has 1 N–H and O–H groups in total. The summed E-state index contributed by atoms with van der Waals surface area (Å²) in [5, 5.41) is 4.69. The van der Waals surface area contributed by atoms with Crippen LogP contribution in [-0.4, -0.2) is 31.1 Å². The van der Waals surface area contributed by atoms with Gasteiger partial charge in [0.15, 0.2) is 0 Å². The third-order valence-corrected chi connectivity index (χ3v) is 4.35. The molecule has 1 fully saturated rings. The van der Waals surface area contributed by atoms with E-state index in [1.165, 1.54) is 5.56 Å². The fourth-order valence-corrected chi connectivity index (χ4v) is 2.96. The lowest BCUT2D eigenvalue weighted by Crippen LogP contribution is -2.45. The van der Waals surface area contributed by atoms with Gasteiger partial charge in [-0.3, -0.25) is 4.90 Å². The van der Waals surface area contributed by atoms with Gasteiger partial charge in [0.05, 0.1) is 10.0 Å². The molecule has 1 aliphatic heterocycles. The lowest BCUT2D eigenvalue weighted by molar-refractivity contribution is 0.154. The molecule has 1 aromatic rings. The molecule has 1 heterocycles. The second kappa shape index (κ2) is 6.94. The van der Waals surface area contributed by atoms with E-state index in [1.807, 2.05) is 12.1 Å². The minimum atomic E-state index is 0.442. The van der Waals surface area contributed by atoms with Gasteiger partial charge in [-0.1, -0.05) is 43.1 Å². The second-order valence-electron chi connectivity index (χ2n) is 5.60. The van der Waals surface area contributed by atoms with Crippen LogP contribution in [0.2, 0.25) is 10.0 Å². The van der Waals surface area contributed by atoms with Crippen molar-refractivity contribution in [1.29, 1.82) is 0 Å². The van der Waals surface area contributed by atoms with E-state index in [4.69, 9.17) is 23.2 Å². The molecule has 2 rings (SSSR count). The number of nitrogens with zero attached hydrogens (tertiary/aromatic N) is 1. The molecule has 1 atom stereocenters. The highest BCUT2D eigenvalue weighted by Crippen LogP contribution is 2.32. The number of rotatable bonds is 4. The molecule has 0 saturated carbocycles. The van der Waals surface area contributed by atoms with E-state index in [0.717, 1.165) is 32.6 Å². The van der Waals surface area contributed by atoms with Gasteiger partial charge in [-0.15, -0.1) is 0 Å². The highest BCUT2D eigenvalue weighted by molar-refractivity contribution is 6.42. The van der Waals surface area contributed by atoms with E-state index in [9.17, 15) is 0 Å². The number of piperazine rings is 1. The molecule has 0 aromatic heterocycles. The summed E-state index contributed by atoms with van der Waals surface area (Å²) in [6.07, 6.45) is 1.15. The highest BCUT2D eigenvalue weighted by atomic mass is 35.5. The Hall–Kier alpha value is -0.280. The Morgan fingerprint density at radius 3 is 2.42 bits per heavy atom. The van der Waals surface area contributed by atoms with Gasteiger partial charge in [-0.05, 0) is 30.0 Å². The lowest BCUT2D eigenvalue weighted by Gasteiger charge is -2.36. The largest absolute Gasteiger partial charge is 0.314 e. The molecule has 0 radical (unpaired) electrons. The quantitative estimate of drug-likeness (QED) is 0.904. The fourth-order valence-electron chi connectivity index (χ4n) is 2.66.